The SMILES string of the molecule is CCOc1ccccc1C1CCNc2c(C)c(CC)nn21. The van der Waals surface area contributed by atoms with Crippen LogP contribution in [-0.4, -0.2) is 22.9 Å². The van der Waals surface area contributed by atoms with Crippen molar-refractivity contribution in [3.63, 3.8) is 0 Å². The van der Waals surface area contributed by atoms with Crippen molar-refractivity contribution in [2.75, 3.05) is 18.5 Å². The van der Waals surface area contributed by atoms with Gasteiger partial charge in [0.25, 0.3) is 0 Å². The minimum atomic E-state index is 0.253. The third kappa shape index (κ3) is 2.39. The quantitative estimate of drug-likeness (QED) is 0.933. The predicted octanol–water partition coefficient (Wildman–Crippen LogP) is 3.56. The normalized spacial score (nSPS) is 17.2. The lowest BCUT2D eigenvalue weighted by Crippen LogP contribution is -2.25. The lowest BCUT2D eigenvalue weighted by molar-refractivity contribution is 0.328. The Kier molecular flexibility index (Phi) is 3.86. The van der Waals surface area contributed by atoms with Gasteiger partial charge in [-0.15, -0.1) is 0 Å². The monoisotopic (exact) mass is 285 g/mol. The minimum Gasteiger partial charge on any atom is -0.494 e. The van der Waals surface area contributed by atoms with Crippen LogP contribution in [0.3, 0.4) is 0 Å². The van der Waals surface area contributed by atoms with Gasteiger partial charge in [0.1, 0.15) is 11.6 Å². The first-order valence-electron chi connectivity index (χ1n) is 7.79. The van der Waals surface area contributed by atoms with Gasteiger partial charge < -0.3 is 10.1 Å². The minimum absolute atomic E-state index is 0.253. The van der Waals surface area contributed by atoms with Crippen molar-refractivity contribution in [2.24, 2.45) is 0 Å². The molecule has 0 saturated heterocycles. The van der Waals surface area contributed by atoms with Crippen LogP contribution in [0.2, 0.25) is 0 Å². The van der Waals surface area contributed by atoms with Gasteiger partial charge >= 0.3 is 0 Å². The van der Waals surface area contributed by atoms with E-state index in [2.05, 4.69) is 42.0 Å². The van der Waals surface area contributed by atoms with Crippen molar-refractivity contribution in [2.45, 2.75) is 39.7 Å². The Bertz CT molecular complexity index is 633. The third-order valence-corrected chi connectivity index (χ3v) is 4.16. The first kappa shape index (κ1) is 14.0. The van der Waals surface area contributed by atoms with Gasteiger partial charge in [-0.2, -0.15) is 5.10 Å². The van der Waals surface area contributed by atoms with E-state index in [1.165, 1.54) is 16.8 Å². The van der Waals surface area contributed by atoms with E-state index >= 15 is 0 Å². The summed E-state index contributed by atoms with van der Waals surface area (Å²) in [6.07, 6.45) is 1.99. The molecule has 0 radical (unpaired) electrons. The molecular weight excluding hydrogens is 262 g/mol. The maximum absolute atomic E-state index is 5.81. The highest BCUT2D eigenvalue weighted by molar-refractivity contribution is 5.50. The van der Waals surface area contributed by atoms with E-state index < -0.39 is 0 Å². The predicted molar refractivity (Wildman–Crippen MR) is 85.2 cm³/mol. The number of nitrogens with one attached hydrogen (secondary N) is 1. The lowest BCUT2D eigenvalue weighted by Gasteiger charge is -2.27. The van der Waals surface area contributed by atoms with E-state index in [1.54, 1.807) is 0 Å². The molecule has 1 unspecified atom stereocenters. The van der Waals surface area contributed by atoms with Crippen LogP contribution in [0.25, 0.3) is 0 Å². The molecule has 2 aromatic rings. The fourth-order valence-corrected chi connectivity index (χ4v) is 3.12. The third-order valence-electron chi connectivity index (χ3n) is 4.16. The van der Waals surface area contributed by atoms with Crippen molar-refractivity contribution in [1.29, 1.82) is 0 Å². The largest absolute Gasteiger partial charge is 0.494 e. The zero-order valence-corrected chi connectivity index (χ0v) is 13.0. The number of ether oxygens (including phenoxy) is 1. The van der Waals surface area contributed by atoms with Crippen LogP contribution in [0.4, 0.5) is 5.82 Å². The molecule has 1 N–H and O–H groups in total. The van der Waals surface area contributed by atoms with Crippen molar-refractivity contribution in [3.05, 3.63) is 41.1 Å². The molecule has 21 heavy (non-hydrogen) atoms. The second-order valence-corrected chi connectivity index (χ2v) is 5.42. The molecule has 1 aliphatic heterocycles. The van der Waals surface area contributed by atoms with Gasteiger partial charge in [-0.1, -0.05) is 25.1 Å². The molecule has 1 aliphatic rings. The molecule has 3 rings (SSSR count). The summed E-state index contributed by atoms with van der Waals surface area (Å²) in [5.74, 6) is 2.14. The molecule has 1 atom stereocenters. The summed E-state index contributed by atoms with van der Waals surface area (Å²) in [4.78, 5) is 0. The van der Waals surface area contributed by atoms with Crippen LogP contribution in [-0.2, 0) is 6.42 Å². The molecule has 112 valence electrons. The van der Waals surface area contributed by atoms with E-state index in [0.29, 0.717) is 6.61 Å². The number of hydrogen-bond donors (Lipinski definition) is 1. The molecule has 4 heteroatoms. The van der Waals surface area contributed by atoms with E-state index in [9.17, 15) is 0 Å². The molecule has 0 spiro atoms. The standard InChI is InChI=1S/C17H23N3O/c1-4-14-12(3)17-18-11-10-15(20(17)19-14)13-8-6-7-9-16(13)21-5-2/h6-9,15,18H,4-5,10-11H2,1-3H3. The molecule has 0 amide bonds. The number of hydrogen-bond acceptors (Lipinski definition) is 3. The smallest absolute Gasteiger partial charge is 0.128 e. The molecule has 0 aliphatic carbocycles. The molecule has 2 heterocycles. The average Bonchev–Trinajstić information content (AvgIpc) is 2.85. The number of para-hydroxylation sites is 1. The highest BCUT2D eigenvalue weighted by atomic mass is 16.5. The Hall–Kier alpha value is -1.97. The highest BCUT2D eigenvalue weighted by Gasteiger charge is 2.27. The number of fused-ring (bicyclic) bond motifs is 1. The topological polar surface area (TPSA) is 39.1 Å². The summed E-state index contributed by atoms with van der Waals surface area (Å²) >= 11 is 0. The molecule has 1 aromatic carbocycles. The van der Waals surface area contributed by atoms with Crippen LogP contribution in [0, 0.1) is 6.92 Å². The molecule has 1 aromatic heterocycles. The van der Waals surface area contributed by atoms with Gasteiger partial charge in [-0.25, -0.2) is 4.68 Å². The van der Waals surface area contributed by atoms with Crippen molar-refractivity contribution < 1.29 is 4.74 Å². The summed E-state index contributed by atoms with van der Waals surface area (Å²) in [7, 11) is 0. The first-order valence-corrected chi connectivity index (χ1v) is 7.79. The van der Waals surface area contributed by atoms with Crippen molar-refractivity contribution in [3.8, 4) is 5.75 Å². The molecule has 4 nitrogen and oxygen atoms in total. The first-order chi connectivity index (χ1) is 10.3. The van der Waals surface area contributed by atoms with Gasteiger partial charge in [0.2, 0.25) is 0 Å². The van der Waals surface area contributed by atoms with Crippen LogP contribution in [0.15, 0.2) is 24.3 Å². The van der Waals surface area contributed by atoms with Gasteiger partial charge in [-0.05, 0) is 32.8 Å². The fourth-order valence-electron chi connectivity index (χ4n) is 3.12. The van der Waals surface area contributed by atoms with Crippen molar-refractivity contribution >= 4 is 5.82 Å². The van der Waals surface area contributed by atoms with E-state index in [1.807, 2.05) is 13.0 Å². The lowest BCUT2D eigenvalue weighted by atomic mass is 10.0. The van der Waals surface area contributed by atoms with Gasteiger partial charge in [-0.3, -0.25) is 0 Å². The maximum Gasteiger partial charge on any atom is 0.128 e. The summed E-state index contributed by atoms with van der Waals surface area (Å²) < 4.78 is 7.96. The number of nitrogens with zero attached hydrogens (tertiary/aromatic N) is 2. The number of benzene rings is 1. The van der Waals surface area contributed by atoms with Crippen molar-refractivity contribution in [1.82, 2.24) is 9.78 Å². The Labute approximate surface area is 126 Å². The summed E-state index contributed by atoms with van der Waals surface area (Å²) in [5.41, 5.74) is 3.68. The number of rotatable bonds is 4. The van der Waals surface area contributed by atoms with E-state index in [0.717, 1.165) is 31.0 Å². The second-order valence-electron chi connectivity index (χ2n) is 5.42. The maximum atomic E-state index is 5.81. The van der Waals surface area contributed by atoms with Gasteiger partial charge in [0, 0.05) is 17.7 Å². The molecule has 0 fully saturated rings. The number of aromatic nitrogens is 2. The summed E-state index contributed by atoms with van der Waals surface area (Å²) in [6.45, 7) is 8.00. The zero-order chi connectivity index (χ0) is 14.8. The molecule has 0 saturated carbocycles. The van der Waals surface area contributed by atoms with E-state index in [-0.39, 0.29) is 6.04 Å². The summed E-state index contributed by atoms with van der Waals surface area (Å²) in [5, 5.41) is 8.32. The van der Waals surface area contributed by atoms with Crippen LogP contribution in [0.5, 0.6) is 5.75 Å². The van der Waals surface area contributed by atoms with Crippen LogP contribution >= 0.6 is 0 Å². The Morgan fingerprint density at radius 2 is 2.14 bits per heavy atom. The summed E-state index contributed by atoms with van der Waals surface area (Å²) in [6, 6.07) is 8.58. The molecular formula is C17H23N3O. The number of anilines is 1. The average molecular weight is 285 g/mol. The Morgan fingerprint density at radius 3 is 2.90 bits per heavy atom. The Balaban J connectivity index is 2.06. The van der Waals surface area contributed by atoms with Crippen LogP contribution < -0.4 is 10.1 Å². The van der Waals surface area contributed by atoms with E-state index in [4.69, 9.17) is 9.84 Å². The second kappa shape index (κ2) is 5.80. The highest BCUT2D eigenvalue weighted by Crippen LogP contribution is 2.36. The van der Waals surface area contributed by atoms with Gasteiger partial charge in [0.05, 0.1) is 18.3 Å². The molecule has 0 bridgehead atoms. The Morgan fingerprint density at radius 1 is 1.33 bits per heavy atom. The zero-order valence-electron chi connectivity index (χ0n) is 13.0. The fraction of sp³-hybridized carbons (Fsp3) is 0.471. The number of aryl methyl sites for hydroxylation is 1. The van der Waals surface area contributed by atoms with Gasteiger partial charge in [0.15, 0.2) is 0 Å². The van der Waals surface area contributed by atoms with Crippen LogP contribution in [0.1, 0.15) is 43.1 Å².